The third-order valence-corrected chi connectivity index (χ3v) is 8.39. The maximum absolute atomic E-state index is 11.3. The summed E-state index contributed by atoms with van der Waals surface area (Å²) >= 11 is 0. The summed E-state index contributed by atoms with van der Waals surface area (Å²) in [5.41, 5.74) is 1.14. The molecule has 2 heteroatoms. The zero-order valence-corrected chi connectivity index (χ0v) is 19.0. The van der Waals surface area contributed by atoms with Crippen LogP contribution in [0.3, 0.4) is 0 Å². The molecule has 2 fully saturated rings. The highest BCUT2D eigenvalue weighted by atomic mass is 16.5. The first-order valence-electron chi connectivity index (χ1n) is 12.3. The van der Waals surface area contributed by atoms with Gasteiger partial charge in [0.2, 0.25) is 0 Å². The molecule has 5 rings (SSSR count). The molecule has 0 bridgehead atoms. The molecule has 4 aliphatic carbocycles. The van der Waals surface area contributed by atoms with E-state index in [9.17, 15) is 4.79 Å². The zero-order valence-electron chi connectivity index (χ0n) is 19.0. The van der Waals surface area contributed by atoms with Gasteiger partial charge in [0.15, 0.2) is 0 Å². The van der Waals surface area contributed by atoms with E-state index in [1.807, 2.05) is 24.3 Å². The van der Waals surface area contributed by atoms with E-state index in [0.717, 1.165) is 35.2 Å². The molecule has 8 unspecified atom stereocenters. The van der Waals surface area contributed by atoms with Gasteiger partial charge in [0, 0.05) is 6.08 Å². The zero-order chi connectivity index (χ0) is 22.1. The van der Waals surface area contributed by atoms with Crippen LogP contribution in [0.15, 0.2) is 79.5 Å². The first-order chi connectivity index (χ1) is 15.6. The summed E-state index contributed by atoms with van der Waals surface area (Å²) in [5, 5.41) is 0. The van der Waals surface area contributed by atoms with Gasteiger partial charge in [0.1, 0.15) is 5.75 Å². The Morgan fingerprint density at radius 3 is 2.31 bits per heavy atom. The summed E-state index contributed by atoms with van der Waals surface area (Å²) in [4.78, 5) is 11.3. The molecule has 8 atom stereocenters. The van der Waals surface area contributed by atoms with Gasteiger partial charge < -0.3 is 4.74 Å². The van der Waals surface area contributed by atoms with Crippen LogP contribution in [0.2, 0.25) is 0 Å². The summed E-state index contributed by atoms with van der Waals surface area (Å²) < 4.78 is 5.17. The fraction of sp³-hybridized carbons (Fsp3) is 0.433. The van der Waals surface area contributed by atoms with Crippen LogP contribution in [0.25, 0.3) is 6.08 Å². The van der Waals surface area contributed by atoms with Crippen molar-refractivity contribution in [1.29, 1.82) is 0 Å². The summed E-state index contributed by atoms with van der Waals surface area (Å²) in [7, 11) is 0. The van der Waals surface area contributed by atoms with Crippen LogP contribution in [-0.4, -0.2) is 5.97 Å². The van der Waals surface area contributed by atoms with Crippen molar-refractivity contribution >= 4 is 12.0 Å². The molecule has 0 aromatic heterocycles. The van der Waals surface area contributed by atoms with Gasteiger partial charge >= 0.3 is 5.97 Å². The van der Waals surface area contributed by atoms with Gasteiger partial charge in [-0.3, -0.25) is 0 Å². The molecule has 32 heavy (non-hydrogen) atoms. The molecular weight excluding hydrogens is 392 g/mol. The number of ether oxygens (including phenoxy) is 1. The van der Waals surface area contributed by atoms with Gasteiger partial charge in [-0.2, -0.15) is 0 Å². The van der Waals surface area contributed by atoms with Crippen molar-refractivity contribution < 1.29 is 9.53 Å². The Morgan fingerprint density at radius 1 is 0.906 bits per heavy atom. The van der Waals surface area contributed by atoms with Gasteiger partial charge in [-0.25, -0.2) is 4.79 Å². The number of hydrogen-bond donors (Lipinski definition) is 0. The standard InChI is InChI=1S/C30H34O2/c1-3-30(31)32-25-16-11-21(12-17-25)10-13-23-19-24(29-9-5-8-28(23)29)15-14-22-18-20(2)26-6-4-7-27(22)26/h3-5,7-8,10-17,20,22-24,26-29H,1,6,9,18-19H2,2H3/b13-10-,15-14?. The maximum Gasteiger partial charge on any atom is 0.335 e. The lowest BCUT2D eigenvalue weighted by Gasteiger charge is -2.17. The minimum atomic E-state index is -0.427. The number of carbonyl (C=O) groups excluding carboxylic acids is 1. The highest BCUT2D eigenvalue weighted by Gasteiger charge is 2.42. The van der Waals surface area contributed by atoms with Crippen LogP contribution in [-0.2, 0) is 4.79 Å². The Hall–Kier alpha value is -2.61. The Labute approximate surface area is 192 Å². The fourth-order valence-electron chi connectivity index (χ4n) is 6.75. The van der Waals surface area contributed by atoms with Crippen molar-refractivity contribution in [2.45, 2.75) is 32.6 Å². The number of fused-ring (bicyclic) bond motifs is 2. The lowest BCUT2D eigenvalue weighted by molar-refractivity contribution is -0.128. The summed E-state index contributed by atoms with van der Waals surface area (Å²) in [6, 6.07) is 7.69. The van der Waals surface area contributed by atoms with Crippen molar-refractivity contribution in [2.24, 2.45) is 47.3 Å². The van der Waals surface area contributed by atoms with Crippen LogP contribution in [0.4, 0.5) is 0 Å². The second-order valence-electron chi connectivity index (χ2n) is 10.2. The molecule has 0 heterocycles. The van der Waals surface area contributed by atoms with E-state index < -0.39 is 5.97 Å². The predicted molar refractivity (Wildman–Crippen MR) is 131 cm³/mol. The van der Waals surface area contributed by atoms with E-state index >= 15 is 0 Å². The van der Waals surface area contributed by atoms with Gasteiger partial charge in [-0.05, 0) is 90.7 Å². The quantitative estimate of drug-likeness (QED) is 0.211. The second kappa shape index (κ2) is 9.10. The normalized spacial score (nSPS) is 37.4. The molecule has 0 N–H and O–H groups in total. The highest BCUT2D eigenvalue weighted by molar-refractivity contribution is 5.83. The van der Waals surface area contributed by atoms with Crippen LogP contribution in [0.1, 0.15) is 38.2 Å². The van der Waals surface area contributed by atoms with E-state index in [1.165, 1.54) is 31.8 Å². The third-order valence-electron chi connectivity index (χ3n) is 8.39. The Morgan fingerprint density at radius 2 is 1.56 bits per heavy atom. The molecule has 166 valence electrons. The van der Waals surface area contributed by atoms with E-state index in [1.54, 1.807) is 0 Å². The minimum absolute atomic E-state index is 0.427. The molecule has 1 aromatic carbocycles. The first kappa shape index (κ1) is 21.2. The average molecular weight is 427 g/mol. The number of esters is 1. The van der Waals surface area contributed by atoms with Crippen molar-refractivity contribution in [3.05, 3.63) is 85.0 Å². The summed E-state index contributed by atoms with van der Waals surface area (Å²) in [5.74, 6) is 6.09. The van der Waals surface area contributed by atoms with E-state index in [4.69, 9.17) is 4.74 Å². The SMILES string of the molecule is C=CC(=O)Oc1ccc(/C=C\C2CC(C=CC3CC(C)C4CC=CC34)C3CC=CC23)cc1. The van der Waals surface area contributed by atoms with Gasteiger partial charge in [0.25, 0.3) is 0 Å². The second-order valence-corrected chi connectivity index (χ2v) is 10.2. The van der Waals surface area contributed by atoms with Crippen molar-refractivity contribution in [1.82, 2.24) is 0 Å². The lowest BCUT2D eigenvalue weighted by Crippen LogP contribution is -2.11. The van der Waals surface area contributed by atoms with Crippen LogP contribution >= 0.6 is 0 Å². The third kappa shape index (κ3) is 4.20. The Balaban J connectivity index is 1.23. The summed E-state index contributed by atoms with van der Waals surface area (Å²) in [6.07, 6.45) is 25.9. The molecule has 0 saturated heterocycles. The predicted octanol–water partition coefficient (Wildman–Crippen LogP) is 7.02. The average Bonchev–Trinajstić information content (AvgIpc) is 3.57. The number of allylic oxidation sites excluding steroid dienone is 7. The summed E-state index contributed by atoms with van der Waals surface area (Å²) in [6.45, 7) is 5.88. The molecule has 0 radical (unpaired) electrons. The monoisotopic (exact) mass is 426 g/mol. The first-order valence-corrected chi connectivity index (χ1v) is 12.3. The molecule has 4 aliphatic rings. The highest BCUT2D eigenvalue weighted by Crippen LogP contribution is 2.51. The van der Waals surface area contributed by atoms with Crippen molar-refractivity contribution in [2.75, 3.05) is 0 Å². The molecule has 0 amide bonds. The number of rotatable bonds is 6. The van der Waals surface area contributed by atoms with Crippen molar-refractivity contribution in [3.63, 3.8) is 0 Å². The topological polar surface area (TPSA) is 26.3 Å². The van der Waals surface area contributed by atoms with Crippen LogP contribution < -0.4 is 4.74 Å². The minimum Gasteiger partial charge on any atom is -0.423 e. The fourth-order valence-corrected chi connectivity index (χ4v) is 6.75. The van der Waals surface area contributed by atoms with E-state index in [2.05, 4.69) is 62.1 Å². The van der Waals surface area contributed by atoms with Crippen LogP contribution in [0.5, 0.6) is 5.75 Å². The van der Waals surface area contributed by atoms with Crippen LogP contribution in [0, 0.1) is 47.3 Å². The molecular formula is C30H34O2. The number of carbonyl (C=O) groups is 1. The Kier molecular flexibility index (Phi) is 6.04. The Bertz CT molecular complexity index is 963. The molecule has 0 aliphatic heterocycles. The molecule has 1 aromatic rings. The van der Waals surface area contributed by atoms with Gasteiger partial charge in [0.05, 0.1) is 0 Å². The largest absolute Gasteiger partial charge is 0.423 e. The van der Waals surface area contributed by atoms with Gasteiger partial charge in [-0.15, -0.1) is 0 Å². The smallest absolute Gasteiger partial charge is 0.335 e. The van der Waals surface area contributed by atoms with E-state index in [-0.39, 0.29) is 0 Å². The van der Waals surface area contributed by atoms with E-state index in [0.29, 0.717) is 23.5 Å². The molecule has 2 saturated carbocycles. The van der Waals surface area contributed by atoms with Gasteiger partial charge in [-0.1, -0.05) is 74.2 Å². The molecule has 0 spiro atoms. The number of benzene rings is 1. The molecule has 2 nitrogen and oxygen atoms in total. The maximum atomic E-state index is 11.3. The number of hydrogen-bond acceptors (Lipinski definition) is 2. The lowest BCUT2D eigenvalue weighted by atomic mass is 9.87. The van der Waals surface area contributed by atoms with Crippen molar-refractivity contribution in [3.8, 4) is 5.75 Å².